The lowest BCUT2D eigenvalue weighted by atomic mass is 10.0. The van der Waals surface area contributed by atoms with Crippen LogP contribution in [0, 0.1) is 30.9 Å². The molecule has 0 spiro atoms. The molecule has 0 unspecified atom stereocenters. The Hall–Kier alpha value is -2.20. The van der Waals surface area contributed by atoms with Gasteiger partial charge in [-0.2, -0.15) is 9.59 Å². The SMILES string of the molecule is Cc1cc(N)c([N+](=O)[O-])c(C)c1C.O=C=O. The zero-order chi connectivity index (χ0) is 12.9. The van der Waals surface area contributed by atoms with E-state index in [0.717, 1.165) is 11.1 Å². The largest absolute Gasteiger partial charge is 0.393 e. The minimum Gasteiger partial charge on any atom is -0.393 e. The van der Waals surface area contributed by atoms with E-state index in [1.807, 2.05) is 13.8 Å². The topological polar surface area (TPSA) is 103 Å². The van der Waals surface area contributed by atoms with Crippen LogP contribution in [0.15, 0.2) is 6.07 Å². The van der Waals surface area contributed by atoms with Crippen molar-refractivity contribution >= 4 is 17.5 Å². The predicted molar refractivity (Wildman–Crippen MR) is 56.7 cm³/mol. The number of benzene rings is 1. The van der Waals surface area contributed by atoms with Crippen molar-refractivity contribution in [2.45, 2.75) is 20.8 Å². The molecule has 0 saturated heterocycles. The molecule has 0 aliphatic heterocycles. The number of nitro benzene ring substituents is 1. The Bertz CT molecular complexity index is 449. The molecule has 1 rings (SSSR count). The van der Waals surface area contributed by atoms with E-state index in [-0.39, 0.29) is 17.5 Å². The quantitative estimate of drug-likeness (QED) is 0.442. The molecule has 2 N–H and O–H groups in total. The number of aryl methyl sites for hydroxylation is 1. The first-order valence-electron chi connectivity index (χ1n) is 4.36. The van der Waals surface area contributed by atoms with Crippen LogP contribution in [0.5, 0.6) is 0 Å². The van der Waals surface area contributed by atoms with Crippen LogP contribution >= 0.6 is 0 Å². The Labute approximate surface area is 92.2 Å². The summed E-state index contributed by atoms with van der Waals surface area (Å²) in [6.45, 7) is 5.47. The maximum atomic E-state index is 10.6. The molecule has 0 bridgehead atoms. The van der Waals surface area contributed by atoms with Crippen molar-refractivity contribution in [3.05, 3.63) is 32.9 Å². The van der Waals surface area contributed by atoms with Crippen LogP contribution in [-0.2, 0) is 9.59 Å². The molecule has 6 nitrogen and oxygen atoms in total. The molecule has 0 atom stereocenters. The van der Waals surface area contributed by atoms with Crippen molar-refractivity contribution in [1.29, 1.82) is 0 Å². The molecule has 0 fully saturated rings. The molecule has 0 aliphatic rings. The molecule has 0 radical (unpaired) electrons. The second-order valence-electron chi connectivity index (χ2n) is 3.22. The van der Waals surface area contributed by atoms with E-state index in [1.54, 1.807) is 13.0 Å². The van der Waals surface area contributed by atoms with E-state index in [1.165, 1.54) is 0 Å². The zero-order valence-electron chi connectivity index (χ0n) is 9.23. The summed E-state index contributed by atoms with van der Waals surface area (Å²) in [7, 11) is 0. The normalized spacial score (nSPS) is 8.69. The Kier molecular flexibility index (Phi) is 4.85. The van der Waals surface area contributed by atoms with Crippen molar-refractivity contribution in [1.82, 2.24) is 0 Å². The number of nitro groups is 1. The summed E-state index contributed by atoms with van der Waals surface area (Å²) in [6.07, 6.45) is 0.250. The third-order valence-corrected chi connectivity index (χ3v) is 2.34. The van der Waals surface area contributed by atoms with Crippen molar-refractivity contribution in [2.24, 2.45) is 0 Å². The summed E-state index contributed by atoms with van der Waals surface area (Å²) in [5.74, 6) is 0. The fourth-order valence-corrected chi connectivity index (χ4v) is 1.34. The van der Waals surface area contributed by atoms with E-state index in [9.17, 15) is 10.1 Å². The fraction of sp³-hybridized carbons (Fsp3) is 0.300. The summed E-state index contributed by atoms with van der Waals surface area (Å²) >= 11 is 0. The van der Waals surface area contributed by atoms with Crippen LogP contribution < -0.4 is 5.73 Å². The van der Waals surface area contributed by atoms with E-state index >= 15 is 0 Å². The van der Waals surface area contributed by atoms with Crippen molar-refractivity contribution in [3.63, 3.8) is 0 Å². The smallest absolute Gasteiger partial charge is 0.373 e. The average Bonchev–Trinajstić information content (AvgIpc) is 2.15. The van der Waals surface area contributed by atoms with Gasteiger partial charge in [-0.3, -0.25) is 10.1 Å². The highest BCUT2D eigenvalue weighted by molar-refractivity contribution is 5.66. The summed E-state index contributed by atoms with van der Waals surface area (Å²) in [5, 5.41) is 10.6. The third kappa shape index (κ3) is 2.90. The molecular formula is C10H12N2O4. The lowest BCUT2D eigenvalue weighted by Crippen LogP contribution is -2.01. The van der Waals surface area contributed by atoms with Gasteiger partial charge in [-0.15, -0.1) is 0 Å². The van der Waals surface area contributed by atoms with E-state index in [2.05, 4.69) is 0 Å². The first-order valence-corrected chi connectivity index (χ1v) is 4.36. The molecule has 0 aliphatic carbocycles. The van der Waals surface area contributed by atoms with Crippen molar-refractivity contribution < 1.29 is 14.5 Å². The molecule has 1 aromatic rings. The van der Waals surface area contributed by atoms with Gasteiger partial charge in [-0.1, -0.05) is 0 Å². The van der Waals surface area contributed by atoms with Crippen molar-refractivity contribution in [2.75, 3.05) is 5.73 Å². The summed E-state index contributed by atoms with van der Waals surface area (Å²) in [4.78, 5) is 26.4. The van der Waals surface area contributed by atoms with Gasteiger partial charge in [0.1, 0.15) is 5.69 Å². The Morgan fingerprint density at radius 3 is 2.06 bits per heavy atom. The van der Waals surface area contributed by atoms with Crippen LogP contribution in [0.25, 0.3) is 0 Å². The van der Waals surface area contributed by atoms with Crippen molar-refractivity contribution in [3.8, 4) is 0 Å². The van der Waals surface area contributed by atoms with Gasteiger partial charge in [0, 0.05) is 5.56 Å². The predicted octanol–water partition coefficient (Wildman–Crippen LogP) is 1.52. The minimum absolute atomic E-state index is 0.0306. The van der Waals surface area contributed by atoms with Gasteiger partial charge >= 0.3 is 6.15 Å². The molecule has 16 heavy (non-hydrogen) atoms. The van der Waals surface area contributed by atoms with Crippen LogP contribution in [0.3, 0.4) is 0 Å². The maximum Gasteiger partial charge on any atom is 0.373 e. The first-order chi connectivity index (χ1) is 7.36. The van der Waals surface area contributed by atoms with Gasteiger partial charge in [-0.25, -0.2) is 0 Å². The Morgan fingerprint density at radius 1 is 1.25 bits per heavy atom. The van der Waals surface area contributed by atoms with Crippen LogP contribution in [0.1, 0.15) is 16.7 Å². The number of nitrogen functional groups attached to an aromatic ring is 1. The lowest BCUT2D eigenvalue weighted by Gasteiger charge is -2.07. The fourth-order valence-electron chi connectivity index (χ4n) is 1.34. The van der Waals surface area contributed by atoms with Gasteiger partial charge in [0.15, 0.2) is 0 Å². The minimum atomic E-state index is -0.433. The molecule has 86 valence electrons. The molecule has 1 aromatic carbocycles. The number of rotatable bonds is 1. The maximum absolute atomic E-state index is 10.6. The molecule has 0 amide bonds. The van der Waals surface area contributed by atoms with Gasteiger partial charge in [-0.05, 0) is 38.0 Å². The molecule has 0 saturated carbocycles. The van der Waals surface area contributed by atoms with Gasteiger partial charge < -0.3 is 5.73 Å². The number of nitrogens with zero attached hydrogens (tertiary/aromatic N) is 1. The van der Waals surface area contributed by atoms with Crippen LogP contribution in [0.4, 0.5) is 11.4 Å². The number of hydrogen-bond donors (Lipinski definition) is 1. The first kappa shape index (κ1) is 13.8. The lowest BCUT2D eigenvalue weighted by molar-refractivity contribution is -0.384. The standard InChI is InChI=1S/C9H12N2O2.CO2/c1-5-4-8(10)9(11(12)13)7(3)6(5)2;2-1-3/h4H,10H2,1-3H3;. The van der Waals surface area contributed by atoms with Crippen LogP contribution in [-0.4, -0.2) is 11.1 Å². The summed E-state index contributed by atoms with van der Waals surface area (Å²) in [6, 6.07) is 1.64. The van der Waals surface area contributed by atoms with Gasteiger partial charge in [0.25, 0.3) is 5.69 Å². The highest BCUT2D eigenvalue weighted by Gasteiger charge is 2.17. The Balaban J connectivity index is 0.000000673. The van der Waals surface area contributed by atoms with Gasteiger partial charge in [0.2, 0.25) is 0 Å². The van der Waals surface area contributed by atoms with E-state index in [4.69, 9.17) is 15.3 Å². The monoisotopic (exact) mass is 224 g/mol. The summed E-state index contributed by atoms with van der Waals surface area (Å²) in [5.41, 5.74) is 8.40. The number of nitrogens with two attached hydrogens (primary N) is 1. The molecule has 6 heteroatoms. The zero-order valence-corrected chi connectivity index (χ0v) is 9.23. The second-order valence-corrected chi connectivity index (χ2v) is 3.22. The number of anilines is 1. The van der Waals surface area contributed by atoms with Crippen LogP contribution in [0.2, 0.25) is 0 Å². The average molecular weight is 224 g/mol. The molecule has 0 aromatic heterocycles. The molecular weight excluding hydrogens is 212 g/mol. The summed E-state index contributed by atoms with van der Waals surface area (Å²) < 4.78 is 0. The van der Waals surface area contributed by atoms with Gasteiger partial charge in [0.05, 0.1) is 4.92 Å². The van der Waals surface area contributed by atoms with E-state index in [0.29, 0.717) is 5.56 Å². The molecule has 0 heterocycles. The highest BCUT2D eigenvalue weighted by atomic mass is 16.6. The third-order valence-electron chi connectivity index (χ3n) is 2.34. The Morgan fingerprint density at radius 2 is 1.69 bits per heavy atom. The van der Waals surface area contributed by atoms with E-state index < -0.39 is 4.92 Å². The number of hydrogen-bond acceptors (Lipinski definition) is 5. The number of carbonyl (C=O) groups excluding carboxylic acids is 2. The second kappa shape index (κ2) is 5.63. The highest BCUT2D eigenvalue weighted by Crippen LogP contribution is 2.30.